The number of esters is 1. The van der Waals surface area contributed by atoms with Gasteiger partial charge in [-0.05, 0) is 30.0 Å². The van der Waals surface area contributed by atoms with Crippen LogP contribution < -0.4 is 4.74 Å². The van der Waals surface area contributed by atoms with Crippen molar-refractivity contribution in [3.63, 3.8) is 0 Å². The van der Waals surface area contributed by atoms with Crippen LogP contribution in [0.4, 0.5) is 0 Å². The maximum absolute atomic E-state index is 11.1. The summed E-state index contributed by atoms with van der Waals surface area (Å²) < 4.78 is 10.3. The summed E-state index contributed by atoms with van der Waals surface area (Å²) in [6, 6.07) is 7.98. The van der Waals surface area contributed by atoms with Gasteiger partial charge >= 0.3 is 5.97 Å². The smallest absolute Gasteiger partial charge is 0.309 e. The van der Waals surface area contributed by atoms with E-state index < -0.39 is 0 Å². The molecule has 0 fully saturated rings. The Morgan fingerprint density at radius 2 is 2.00 bits per heavy atom. The molecule has 0 bridgehead atoms. The normalized spacial score (nSPS) is 12.9. The topological polar surface area (TPSA) is 35.5 Å². The molecule has 1 rings (SSSR count). The van der Waals surface area contributed by atoms with Crippen molar-refractivity contribution in [3.8, 4) is 5.75 Å². The molecule has 3 heteroatoms. The molecule has 1 unspecified atom stereocenters. The lowest BCUT2D eigenvalue weighted by molar-refractivity contribution is -0.142. The van der Waals surface area contributed by atoms with Gasteiger partial charge in [0.2, 0.25) is 0 Å². The molecule has 100 valence electrons. The second-order valence-electron chi connectivity index (χ2n) is 5.49. The third-order valence-corrected chi connectivity index (χ3v) is 2.72. The first-order valence-corrected chi connectivity index (χ1v) is 6.17. The largest absolute Gasteiger partial charge is 0.490 e. The molecule has 0 saturated heterocycles. The monoisotopic (exact) mass is 250 g/mol. The van der Waals surface area contributed by atoms with Crippen LogP contribution in [0.5, 0.6) is 5.75 Å². The summed E-state index contributed by atoms with van der Waals surface area (Å²) in [4.78, 5) is 11.1. The van der Waals surface area contributed by atoms with Gasteiger partial charge in [0.05, 0.1) is 13.5 Å². The second-order valence-corrected chi connectivity index (χ2v) is 5.49. The maximum atomic E-state index is 11.1. The zero-order chi connectivity index (χ0) is 13.8. The third kappa shape index (κ3) is 4.40. The van der Waals surface area contributed by atoms with Gasteiger partial charge in [0.15, 0.2) is 0 Å². The summed E-state index contributed by atoms with van der Waals surface area (Å²) in [6.45, 7) is 8.33. The second kappa shape index (κ2) is 5.89. The Labute approximate surface area is 109 Å². The van der Waals surface area contributed by atoms with Crippen LogP contribution in [0.15, 0.2) is 24.3 Å². The van der Waals surface area contributed by atoms with E-state index in [4.69, 9.17) is 4.74 Å². The fraction of sp³-hybridized carbons (Fsp3) is 0.533. The number of ether oxygens (including phenoxy) is 2. The molecule has 0 heterocycles. The molecule has 0 N–H and O–H groups in total. The van der Waals surface area contributed by atoms with E-state index in [9.17, 15) is 4.79 Å². The van der Waals surface area contributed by atoms with Crippen molar-refractivity contribution >= 4 is 5.97 Å². The first kappa shape index (κ1) is 14.6. The standard InChI is InChI=1S/C15H22O3/c1-11(9-14(16)17-5)18-13-8-6-7-12(10-13)15(2,3)4/h6-8,10-11H,9H2,1-5H3. The van der Waals surface area contributed by atoms with Crippen LogP contribution in [0, 0.1) is 0 Å². The fourth-order valence-electron chi connectivity index (χ4n) is 1.63. The minimum absolute atomic E-state index is 0.0883. The van der Waals surface area contributed by atoms with Crippen LogP contribution in [0.25, 0.3) is 0 Å². The molecule has 0 amide bonds. The predicted octanol–water partition coefficient (Wildman–Crippen LogP) is 3.31. The lowest BCUT2D eigenvalue weighted by atomic mass is 9.87. The van der Waals surface area contributed by atoms with Crippen LogP contribution in [0.1, 0.15) is 39.7 Å². The number of rotatable bonds is 4. The first-order chi connectivity index (χ1) is 8.32. The highest BCUT2D eigenvalue weighted by Crippen LogP contribution is 2.26. The van der Waals surface area contributed by atoms with E-state index in [2.05, 4.69) is 31.6 Å². The number of carbonyl (C=O) groups excluding carboxylic acids is 1. The van der Waals surface area contributed by atoms with Gasteiger partial charge in [-0.2, -0.15) is 0 Å². The summed E-state index contributed by atoms with van der Waals surface area (Å²) >= 11 is 0. The Morgan fingerprint density at radius 1 is 1.33 bits per heavy atom. The van der Waals surface area contributed by atoms with Crippen LogP contribution in [0.3, 0.4) is 0 Å². The number of hydrogen-bond acceptors (Lipinski definition) is 3. The van der Waals surface area contributed by atoms with Crippen molar-refractivity contribution in [2.45, 2.75) is 45.6 Å². The van der Waals surface area contributed by atoms with E-state index in [1.165, 1.54) is 12.7 Å². The average Bonchev–Trinajstić information content (AvgIpc) is 2.27. The quantitative estimate of drug-likeness (QED) is 0.769. The zero-order valence-corrected chi connectivity index (χ0v) is 11.8. The van der Waals surface area contributed by atoms with E-state index in [-0.39, 0.29) is 23.9 Å². The molecule has 1 aromatic rings. The molecule has 1 aromatic carbocycles. The summed E-state index contributed by atoms with van der Waals surface area (Å²) in [7, 11) is 1.38. The van der Waals surface area contributed by atoms with Gasteiger partial charge in [-0.3, -0.25) is 4.79 Å². The Morgan fingerprint density at radius 3 is 2.56 bits per heavy atom. The Bertz CT molecular complexity index is 404. The first-order valence-electron chi connectivity index (χ1n) is 6.17. The highest BCUT2D eigenvalue weighted by molar-refractivity contribution is 5.69. The third-order valence-electron chi connectivity index (χ3n) is 2.72. The summed E-state index contributed by atoms with van der Waals surface area (Å²) in [5, 5.41) is 0. The van der Waals surface area contributed by atoms with Crippen LogP contribution >= 0.6 is 0 Å². The fourth-order valence-corrected chi connectivity index (χ4v) is 1.63. The van der Waals surface area contributed by atoms with E-state index in [0.717, 1.165) is 5.75 Å². The number of carbonyl (C=O) groups is 1. The van der Waals surface area contributed by atoms with Crippen molar-refractivity contribution in [3.05, 3.63) is 29.8 Å². The average molecular weight is 250 g/mol. The van der Waals surface area contributed by atoms with Gasteiger partial charge in [0.25, 0.3) is 0 Å². The Kier molecular flexibility index (Phi) is 4.76. The summed E-state index contributed by atoms with van der Waals surface area (Å²) in [6.07, 6.45) is 0.0728. The van der Waals surface area contributed by atoms with Gasteiger partial charge in [0, 0.05) is 0 Å². The molecule has 0 aliphatic carbocycles. The lowest BCUT2D eigenvalue weighted by Gasteiger charge is -2.21. The van der Waals surface area contributed by atoms with E-state index >= 15 is 0 Å². The maximum Gasteiger partial charge on any atom is 0.309 e. The van der Waals surface area contributed by atoms with Gasteiger partial charge in [-0.15, -0.1) is 0 Å². The van der Waals surface area contributed by atoms with Crippen LogP contribution in [-0.4, -0.2) is 19.2 Å². The number of hydrogen-bond donors (Lipinski definition) is 0. The molecule has 0 radical (unpaired) electrons. The van der Waals surface area contributed by atoms with Gasteiger partial charge in [-0.1, -0.05) is 32.9 Å². The molecule has 0 aliphatic rings. The van der Waals surface area contributed by atoms with Crippen molar-refractivity contribution < 1.29 is 14.3 Å². The van der Waals surface area contributed by atoms with Crippen molar-refractivity contribution in [1.82, 2.24) is 0 Å². The molecule has 18 heavy (non-hydrogen) atoms. The lowest BCUT2D eigenvalue weighted by Crippen LogP contribution is -2.18. The highest BCUT2D eigenvalue weighted by atomic mass is 16.5. The van der Waals surface area contributed by atoms with E-state index in [0.29, 0.717) is 0 Å². The van der Waals surface area contributed by atoms with Crippen LogP contribution in [-0.2, 0) is 14.9 Å². The van der Waals surface area contributed by atoms with Crippen molar-refractivity contribution in [1.29, 1.82) is 0 Å². The molecular formula is C15H22O3. The van der Waals surface area contributed by atoms with E-state index in [1.54, 1.807) is 0 Å². The van der Waals surface area contributed by atoms with E-state index in [1.807, 2.05) is 25.1 Å². The summed E-state index contributed by atoms with van der Waals surface area (Å²) in [5.74, 6) is 0.535. The molecule has 3 nitrogen and oxygen atoms in total. The Balaban J connectivity index is 2.71. The molecule has 0 spiro atoms. The molecule has 1 atom stereocenters. The minimum Gasteiger partial charge on any atom is -0.490 e. The molecule has 0 aromatic heterocycles. The highest BCUT2D eigenvalue weighted by Gasteiger charge is 2.15. The molecule has 0 aliphatic heterocycles. The Hall–Kier alpha value is -1.51. The molecule has 0 saturated carbocycles. The molecular weight excluding hydrogens is 228 g/mol. The SMILES string of the molecule is COC(=O)CC(C)Oc1cccc(C(C)(C)C)c1. The predicted molar refractivity (Wildman–Crippen MR) is 71.9 cm³/mol. The van der Waals surface area contributed by atoms with Crippen molar-refractivity contribution in [2.24, 2.45) is 0 Å². The van der Waals surface area contributed by atoms with Gasteiger partial charge in [0.1, 0.15) is 11.9 Å². The minimum atomic E-state index is -0.255. The van der Waals surface area contributed by atoms with Crippen LogP contribution in [0.2, 0.25) is 0 Å². The van der Waals surface area contributed by atoms with Crippen molar-refractivity contribution in [2.75, 3.05) is 7.11 Å². The number of benzene rings is 1. The summed E-state index contributed by atoms with van der Waals surface area (Å²) in [5.41, 5.74) is 1.30. The van der Waals surface area contributed by atoms with Gasteiger partial charge < -0.3 is 9.47 Å². The number of methoxy groups -OCH3 is 1. The van der Waals surface area contributed by atoms with Gasteiger partial charge in [-0.25, -0.2) is 0 Å². The zero-order valence-electron chi connectivity index (χ0n) is 11.8.